The summed E-state index contributed by atoms with van der Waals surface area (Å²) in [5.41, 5.74) is 0. The van der Waals surface area contributed by atoms with Crippen LogP contribution in [0.3, 0.4) is 0 Å². The molecular weight excluding hydrogens is 187 g/mol. The van der Waals surface area contributed by atoms with Crippen molar-refractivity contribution >= 4 is 33.3 Å². The van der Waals surface area contributed by atoms with Gasteiger partial charge in [0.1, 0.15) is 0 Å². The Morgan fingerprint density at radius 2 is 1.78 bits per heavy atom. The van der Waals surface area contributed by atoms with Crippen molar-refractivity contribution in [1.82, 2.24) is 0 Å². The van der Waals surface area contributed by atoms with Crippen LogP contribution in [-0.2, 0) is 14.7 Å². The third-order valence-electron chi connectivity index (χ3n) is 0.777. The Morgan fingerprint density at radius 3 is 1.78 bits per heavy atom. The number of rotatable bonds is 2. The lowest BCUT2D eigenvalue weighted by atomic mass is 10.6. The molecule has 0 bridgehead atoms. The van der Waals surface area contributed by atoms with Gasteiger partial charge in [0.25, 0.3) is 0 Å². The van der Waals surface area contributed by atoms with Crippen molar-refractivity contribution in [2.75, 3.05) is 0 Å². The molecule has 0 amide bonds. The molecule has 0 aromatic heterocycles. The molecular formula is C3H5Cl2O3S. The van der Waals surface area contributed by atoms with E-state index >= 15 is 0 Å². The van der Waals surface area contributed by atoms with E-state index in [9.17, 15) is 13.0 Å². The van der Waals surface area contributed by atoms with Crippen LogP contribution in [0, 0.1) is 0 Å². The van der Waals surface area contributed by atoms with Crippen molar-refractivity contribution in [3.8, 4) is 0 Å². The average molecular weight is 192 g/mol. The minimum atomic E-state index is -4.57. The molecule has 9 heavy (non-hydrogen) atoms. The van der Waals surface area contributed by atoms with E-state index in [1.54, 1.807) is 0 Å². The highest BCUT2D eigenvalue weighted by molar-refractivity contribution is 7.90. The maximum Gasteiger partial charge on any atom is 0.328 e. The predicted octanol–water partition coefficient (Wildman–Crippen LogP) is 1.29. The van der Waals surface area contributed by atoms with Gasteiger partial charge >= 0.3 is 10.1 Å². The Balaban J connectivity index is 4.56. The van der Waals surface area contributed by atoms with Crippen LogP contribution in [0.5, 0.6) is 0 Å². The molecule has 0 aromatic carbocycles. The van der Waals surface area contributed by atoms with Crippen LogP contribution in [0.15, 0.2) is 0 Å². The number of halogens is 2. The minimum Gasteiger partial charge on any atom is -0.194 e. The van der Waals surface area contributed by atoms with Crippen molar-refractivity contribution in [1.29, 1.82) is 0 Å². The van der Waals surface area contributed by atoms with E-state index in [0.717, 1.165) is 0 Å². The summed E-state index contributed by atoms with van der Waals surface area (Å²) in [4.78, 5) is 0. The fourth-order valence-electron chi connectivity index (χ4n) is 0.177. The van der Waals surface area contributed by atoms with Crippen LogP contribution in [0.4, 0.5) is 0 Å². The second kappa shape index (κ2) is 2.62. The van der Waals surface area contributed by atoms with Crippen LogP contribution >= 0.6 is 23.2 Å². The van der Waals surface area contributed by atoms with E-state index in [0.29, 0.717) is 0 Å². The van der Waals surface area contributed by atoms with Gasteiger partial charge < -0.3 is 0 Å². The maximum absolute atomic E-state index is 10.1. The molecule has 55 valence electrons. The zero-order valence-electron chi connectivity index (χ0n) is 4.60. The van der Waals surface area contributed by atoms with Gasteiger partial charge in [0.05, 0.1) is 0 Å². The summed E-state index contributed by atoms with van der Waals surface area (Å²) in [6.07, 6.45) is -0.109. The van der Waals surface area contributed by atoms with E-state index in [4.69, 9.17) is 23.2 Å². The average Bonchev–Trinajstić information content (AvgIpc) is 1.64. The van der Waals surface area contributed by atoms with Gasteiger partial charge in [0.15, 0.2) is 0 Å². The highest BCUT2D eigenvalue weighted by atomic mass is 35.5. The van der Waals surface area contributed by atoms with Crippen LogP contribution in [-0.4, -0.2) is 12.1 Å². The third kappa shape index (κ3) is 2.29. The number of hydrogen-bond donors (Lipinski definition) is 0. The molecule has 3 nitrogen and oxygen atoms in total. The van der Waals surface area contributed by atoms with Gasteiger partial charge in [-0.05, 0) is 6.42 Å². The van der Waals surface area contributed by atoms with Crippen LogP contribution in [0.25, 0.3) is 0 Å². The van der Waals surface area contributed by atoms with Crippen LogP contribution < -0.4 is 0 Å². The molecule has 0 saturated carbocycles. The highest BCUT2D eigenvalue weighted by Crippen LogP contribution is 2.30. The topological polar surface area (TPSA) is 54.0 Å². The molecule has 0 N–H and O–H groups in total. The highest BCUT2D eigenvalue weighted by Gasteiger charge is 2.37. The molecule has 0 saturated heterocycles. The molecule has 0 heterocycles. The summed E-state index contributed by atoms with van der Waals surface area (Å²) in [5, 5.41) is 0. The summed E-state index contributed by atoms with van der Waals surface area (Å²) in [6.45, 7) is 1.41. The third-order valence-corrected chi connectivity index (χ3v) is 3.47. The van der Waals surface area contributed by atoms with Gasteiger partial charge in [-0.15, -0.1) is 0 Å². The first kappa shape index (κ1) is 9.49. The molecule has 0 aliphatic heterocycles. The molecule has 0 aliphatic carbocycles. The van der Waals surface area contributed by atoms with E-state index in [2.05, 4.69) is 0 Å². The molecule has 0 unspecified atom stereocenters. The summed E-state index contributed by atoms with van der Waals surface area (Å²) >= 11 is 10.1. The summed E-state index contributed by atoms with van der Waals surface area (Å²) in [7, 11) is -4.57. The van der Waals surface area contributed by atoms with Gasteiger partial charge in [-0.3, -0.25) is 0 Å². The molecule has 0 aromatic rings. The Bertz CT molecular complexity index is 183. The maximum atomic E-state index is 10.1. The summed E-state index contributed by atoms with van der Waals surface area (Å²) < 4.78 is 28.0. The SMILES string of the molecule is CCC(Cl)(Cl)S([O])(=O)=O. The van der Waals surface area contributed by atoms with Crippen LogP contribution in [0.2, 0.25) is 0 Å². The van der Waals surface area contributed by atoms with E-state index in [1.165, 1.54) is 6.92 Å². The quantitative estimate of drug-likeness (QED) is 0.619. The van der Waals surface area contributed by atoms with E-state index < -0.39 is 13.8 Å². The van der Waals surface area contributed by atoms with Gasteiger partial charge in [-0.1, -0.05) is 34.7 Å². The lowest BCUT2D eigenvalue weighted by molar-refractivity contribution is 0.406. The van der Waals surface area contributed by atoms with E-state index in [-0.39, 0.29) is 6.42 Å². The smallest absolute Gasteiger partial charge is 0.194 e. The predicted molar refractivity (Wildman–Crippen MR) is 34.3 cm³/mol. The van der Waals surface area contributed by atoms with Crippen molar-refractivity contribution in [3.63, 3.8) is 0 Å². The fraction of sp³-hybridized carbons (Fsp3) is 1.00. The van der Waals surface area contributed by atoms with Gasteiger partial charge in [-0.25, -0.2) is 0 Å². The molecule has 0 rings (SSSR count). The van der Waals surface area contributed by atoms with Gasteiger partial charge in [0.2, 0.25) is 3.67 Å². The fourth-order valence-corrected chi connectivity index (χ4v) is 0.530. The minimum absolute atomic E-state index is 0.109. The first-order chi connectivity index (χ1) is 3.81. The molecule has 1 radical (unpaired) electrons. The van der Waals surface area contributed by atoms with Crippen molar-refractivity contribution in [2.45, 2.75) is 17.0 Å². The lowest BCUT2D eigenvalue weighted by Crippen LogP contribution is -2.22. The van der Waals surface area contributed by atoms with Crippen molar-refractivity contribution in [3.05, 3.63) is 0 Å². The standard InChI is InChI=1S/C3H5Cl2O3S/c1-2-3(4,5)9(6,7)8/h2H2,1H3. The van der Waals surface area contributed by atoms with Gasteiger partial charge in [-0.2, -0.15) is 8.42 Å². The normalized spacial score (nSPS) is 13.8. The Hall–Kier alpha value is 0.490. The largest absolute Gasteiger partial charge is 0.328 e. The zero-order chi connectivity index (χ0) is 7.71. The second-order valence-electron chi connectivity index (χ2n) is 1.45. The van der Waals surface area contributed by atoms with Crippen molar-refractivity contribution < 1.29 is 13.0 Å². The lowest BCUT2D eigenvalue weighted by Gasteiger charge is -2.09. The summed E-state index contributed by atoms with van der Waals surface area (Å²) in [5.74, 6) is 0. The number of alkyl halides is 2. The monoisotopic (exact) mass is 191 g/mol. The van der Waals surface area contributed by atoms with Crippen LogP contribution in [0.1, 0.15) is 13.3 Å². The molecule has 0 aliphatic rings. The van der Waals surface area contributed by atoms with Crippen molar-refractivity contribution in [2.24, 2.45) is 0 Å². The first-order valence-electron chi connectivity index (χ1n) is 2.14. The Morgan fingerprint density at radius 1 is 1.44 bits per heavy atom. The molecule has 0 spiro atoms. The number of hydrogen-bond acceptors (Lipinski definition) is 2. The van der Waals surface area contributed by atoms with Gasteiger partial charge in [0, 0.05) is 0 Å². The molecule has 6 heteroatoms. The molecule has 0 fully saturated rings. The zero-order valence-corrected chi connectivity index (χ0v) is 6.92. The molecule has 0 atom stereocenters. The first-order valence-corrected chi connectivity index (χ1v) is 4.31. The summed E-state index contributed by atoms with van der Waals surface area (Å²) in [6, 6.07) is 0. The Labute approximate surface area is 63.7 Å². The Kier molecular flexibility index (Phi) is 2.76. The second-order valence-corrected chi connectivity index (χ2v) is 4.98. The van der Waals surface area contributed by atoms with E-state index in [1.807, 2.05) is 0 Å².